The summed E-state index contributed by atoms with van der Waals surface area (Å²) in [5.74, 6) is 0. The SMILES string of the molecule is C=C/C=C1\C(=C(C)C)/C(=C\C=C)C1(CCC)CC/C=C/C. The molecule has 0 aliphatic heterocycles. The standard InChI is InChI=1S/C21H30/c1-7-11-12-16-21(15-10-4)18(13-8-2)20(17(5)6)19(21)14-9-3/h7-9,11,13-14H,2-3,10,12,15-16H2,1,4-6H3/b11-7+,18-13+,19-14+. The van der Waals surface area contributed by atoms with Crippen molar-refractivity contribution in [1.82, 2.24) is 0 Å². The van der Waals surface area contributed by atoms with E-state index in [0.717, 1.165) is 6.42 Å². The lowest BCUT2D eigenvalue weighted by molar-refractivity contribution is 0.332. The van der Waals surface area contributed by atoms with Gasteiger partial charge >= 0.3 is 0 Å². The third kappa shape index (κ3) is 3.37. The molecular weight excluding hydrogens is 252 g/mol. The fourth-order valence-corrected chi connectivity index (χ4v) is 3.55. The van der Waals surface area contributed by atoms with Crippen molar-refractivity contribution < 1.29 is 0 Å². The monoisotopic (exact) mass is 282 g/mol. The van der Waals surface area contributed by atoms with Gasteiger partial charge in [0.1, 0.15) is 0 Å². The number of hydrogen-bond acceptors (Lipinski definition) is 0. The maximum Gasteiger partial charge on any atom is 0.0217 e. The largest absolute Gasteiger partial charge is 0.0991 e. The molecule has 0 aromatic rings. The van der Waals surface area contributed by atoms with Crippen LogP contribution in [0.3, 0.4) is 0 Å². The summed E-state index contributed by atoms with van der Waals surface area (Å²) in [5, 5.41) is 0. The zero-order chi connectivity index (χ0) is 15.9. The minimum absolute atomic E-state index is 0.184. The molecule has 1 fully saturated rings. The highest BCUT2D eigenvalue weighted by Gasteiger charge is 2.48. The lowest BCUT2D eigenvalue weighted by Crippen LogP contribution is -2.38. The van der Waals surface area contributed by atoms with Gasteiger partial charge in [0.2, 0.25) is 0 Å². The minimum atomic E-state index is 0.184. The molecule has 0 radical (unpaired) electrons. The molecule has 0 heteroatoms. The molecule has 21 heavy (non-hydrogen) atoms. The first-order chi connectivity index (χ1) is 10.1. The second kappa shape index (κ2) is 8.02. The van der Waals surface area contributed by atoms with Crippen LogP contribution < -0.4 is 0 Å². The highest BCUT2D eigenvalue weighted by Crippen LogP contribution is 2.61. The van der Waals surface area contributed by atoms with E-state index in [1.165, 1.54) is 41.6 Å². The topological polar surface area (TPSA) is 0 Å². The Morgan fingerprint density at radius 1 is 1.05 bits per heavy atom. The zero-order valence-electron chi connectivity index (χ0n) is 14.2. The van der Waals surface area contributed by atoms with Crippen LogP contribution in [0.2, 0.25) is 0 Å². The van der Waals surface area contributed by atoms with Crippen molar-refractivity contribution in [2.75, 3.05) is 0 Å². The van der Waals surface area contributed by atoms with Gasteiger partial charge in [0.25, 0.3) is 0 Å². The van der Waals surface area contributed by atoms with Crippen LogP contribution in [0.15, 0.2) is 71.9 Å². The molecule has 0 N–H and O–H groups in total. The van der Waals surface area contributed by atoms with Crippen molar-refractivity contribution in [3.8, 4) is 0 Å². The summed E-state index contributed by atoms with van der Waals surface area (Å²) in [5.41, 5.74) is 5.93. The lowest BCUT2D eigenvalue weighted by atomic mass is 9.52. The smallest absolute Gasteiger partial charge is 0.0217 e. The van der Waals surface area contributed by atoms with E-state index in [2.05, 4.69) is 65.2 Å². The molecule has 0 saturated heterocycles. The van der Waals surface area contributed by atoms with Gasteiger partial charge in [-0.05, 0) is 56.8 Å². The molecule has 0 heterocycles. The van der Waals surface area contributed by atoms with E-state index in [9.17, 15) is 0 Å². The number of rotatable bonds is 7. The summed E-state index contributed by atoms with van der Waals surface area (Å²) >= 11 is 0. The third-order valence-corrected chi connectivity index (χ3v) is 4.29. The maximum absolute atomic E-state index is 3.92. The Kier molecular flexibility index (Phi) is 6.68. The van der Waals surface area contributed by atoms with Gasteiger partial charge in [0, 0.05) is 5.41 Å². The summed E-state index contributed by atoms with van der Waals surface area (Å²) < 4.78 is 0. The Morgan fingerprint density at radius 2 is 1.62 bits per heavy atom. The quantitative estimate of drug-likeness (QED) is 0.455. The first-order valence-electron chi connectivity index (χ1n) is 8.04. The van der Waals surface area contributed by atoms with Gasteiger partial charge in [-0.15, -0.1) is 0 Å². The van der Waals surface area contributed by atoms with Gasteiger partial charge in [-0.2, -0.15) is 0 Å². The highest BCUT2D eigenvalue weighted by molar-refractivity contribution is 5.69. The minimum Gasteiger partial charge on any atom is -0.0991 e. The van der Waals surface area contributed by atoms with Gasteiger partial charge in [-0.3, -0.25) is 0 Å². The van der Waals surface area contributed by atoms with Crippen LogP contribution >= 0.6 is 0 Å². The Hall–Kier alpha value is -1.56. The fourth-order valence-electron chi connectivity index (χ4n) is 3.55. The summed E-state index contributed by atoms with van der Waals surface area (Å²) in [6, 6.07) is 0. The molecule has 0 aromatic heterocycles. The molecule has 0 nitrogen and oxygen atoms in total. The van der Waals surface area contributed by atoms with E-state index >= 15 is 0 Å². The molecule has 0 bridgehead atoms. The second-order valence-electron chi connectivity index (χ2n) is 5.95. The average Bonchev–Trinajstić information content (AvgIpc) is 2.44. The van der Waals surface area contributed by atoms with Gasteiger partial charge < -0.3 is 0 Å². The molecule has 1 saturated carbocycles. The van der Waals surface area contributed by atoms with E-state index in [1.54, 1.807) is 0 Å². The van der Waals surface area contributed by atoms with Crippen molar-refractivity contribution in [2.45, 2.75) is 53.4 Å². The average molecular weight is 282 g/mol. The molecule has 114 valence electrons. The van der Waals surface area contributed by atoms with Crippen molar-refractivity contribution in [1.29, 1.82) is 0 Å². The molecule has 1 rings (SSSR count). The zero-order valence-corrected chi connectivity index (χ0v) is 14.2. The van der Waals surface area contributed by atoms with Gasteiger partial charge in [0.05, 0.1) is 0 Å². The molecule has 0 aromatic carbocycles. The lowest BCUT2D eigenvalue weighted by Gasteiger charge is -2.51. The van der Waals surface area contributed by atoms with Crippen LogP contribution in [0.5, 0.6) is 0 Å². The first-order valence-corrected chi connectivity index (χ1v) is 8.04. The van der Waals surface area contributed by atoms with E-state index in [4.69, 9.17) is 0 Å². The molecule has 0 unspecified atom stereocenters. The van der Waals surface area contributed by atoms with Gasteiger partial charge in [0.15, 0.2) is 0 Å². The maximum atomic E-state index is 3.92. The summed E-state index contributed by atoms with van der Waals surface area (Å²) in [7, 11) is 0. The van der Waals surface area contributed by atoms with Crippen LogP contribution in [-0.4, -0.2) is 0 Å². The van der Waals surface area contributed by atoms with E-state index in [-0.39, 0.29) is 5.41 Å². The van der Waals surface area contributed by atoms with Crippen molar-refractivity contribution in [3.63, 3.8) is 0 Å². The Labute approximate surface area is 131 Å². The van der Waals surface area contributed by atoms with Crippen LogP contribution in [0.25, 0.3) is 0 Å². The molecule has 0 amide bonds. The van der Waals surface area contributed by atoms with Crippen molar-refractivity contribution >= 4 is 0 Å². The van der Waals surface area contributed by atoms with Crippen LogP contribution in [0.4, 0.5) is 0 Å². The summed E-state index contributed by atoms with van der Waals surface area (Å²) in [6.45, 7) is 16.6. The fraction of sp³-hybridized carbons (Fsp3) is 0.429. The van der Waals surface area contributed by atoms with Gasteiger partial charge in [-0.25, -0.2) is 0 Å². The molecule has 0 spiro atoms. The molecule has 1 aliphatic carbocycles. The van der Waals surface area contributed by atoms with Crippen LogP contribution in [0, 0.1) is 5.41 Å². The first kappa shape index (κ1) is 17.5. The highest BCUT2D eigenvalue weighted by atomic mass is 14.5. The number of allylic oxidation sites excluding steroid dienone is 10. The third-order valence-electron chi connectivity index (χ3n) is 4.29. The van der Waals surface area contributed by atoms with Crippen LogP contribution in [0.1, 0.15) is 53.4 Å². The molecule has 1 aliphatic rings. The van der Waals surface area contributed by atoms with Gasteiger partial charge in [-0.1, -0.05) is 68.5 Å². The van der Waals surface area contributed by atoms with E-state index in [0.29, 0.717) is 0 Å². The van der Waals surface area contributed by atoms with Crippen molar-refractivity contribution in [3.05, 3.63) is 71.9 Å². The predicted molar refractivity (Wildman–Crippen MR) is 96.3 cm³/mol. The van der Waals surface area contributed by atoms with Crippen molar-refractivity contribution in [2.24, 2.45) is 5.41 Å². The Morgan fingerprint density at radius 3 is 2.00 bits per heavy atom. The summed E-state index contributed by atoms with van der Waals surface area (Å²) in [6.07, 6.45) is 17.4. The van der Waals surface area contributed by atoms with Crippen LogP contribution in [-0.2, 0) is 0 Å². The van der Waals surface area contributed by atoms with E-state index < -0.39 is 0 Å². The Balaban J connectivity index is 3.37. The normalized spacial score (nSPS) is 25.4. The summed E-state index contributed by atoms with van der Waals surface area (Å²) in [4.78, 5) is 0. The second-order valence-corrected chi connectivity index (χ2v) is 5.95. The van der Waals surface area contributed by atoms with E-state index in [1.807, 2.05) is 12.2 Å². The molecular formula is C21H30. The number of hydrogen-bond donors (Lipinski definition) is 0. The Bertz CT molecular complexity index is 474. The predicted octanol–water partition coefficient (Wildman–Crippen LogP) is 6.70. The molecule has 0 atom stereocenters.